The van der Waals surface area contributed by atoms with Crippen LogP contribution in [0, 0.1) is 6.92 Å². The highest BCUT2D eigenvalue weighted by Crippen LogP contribution is 2.17. The molecule has 2 heterocycles. The van der Waals surface area contributed by atoms with Crippen LogP contribution in [0.2, 0.25) is 0 Å². The van der Waals surface area contributed by atoms with Crippen LogP contribution in [0.3, 0.4) is 0 Å². The average Bonchev–Trinajstić information content (AvgIpc) is 2.74. The monoisotopic (exact) mass is 249 g/mol. The molecule has 0 saturated carbocycles. The molecule has 1 aliphatic rings. The van der Waals surface area contributed by atoms with E-state index >= 15 is 0 Å². The maximum Gasteiger partial charge on any atom is 0.213 e. The fraction of sp³-hybridized carbons (Fsp3) is 0.643. The number of pyridine rings is 1. The van der Waals surface area contributed by atoms with Gasteiger partial charge >= 0.3 is 0 Å². The summed E-state index contributed by atoms with van der Waals surface area (Å²) in [6.07, 6.45) is 1.39. The van der Waals surface area contributed by atoms with Crippen LogP contribution in [0.25, 0.3) is 0 Å². The van der Waals surface area contributed by atoms with E-state index in [9.17, 15) is 0 Å². The molecule has 0 aliphatic carbocycles. The Bertz CT molecular complexity index is 395. The van der Waals surface area contributed by atoms with Gasteiger partial charge in [0.05, 0.1) is 0 Å². The van der Waals surface area contributed by atoms with Gasteiger partial charge in [-0.25, -0.2) is 4.98 Å². The molecule has 1 unspecified atom stereocenters. The van der Waals surface area contributed by atoms with Crippen LogP contribution in [0.15, 0.2) is 12.1 Å². The Kier molecular flexibility index (Phi) is 4.55. The Labute approximate surface area is 109 Å². The zero-order valence-corrected chi connectivity index (χ0v) is 11.6. The predicted octanol–water partition coefficient (Wildman–Crippen LogP) is 1.58. The molecule has 0 radical (unpaired) electrons. The van der Waals surface area contributed by atoms with Crippen molar-refractivity contribution in [2.45, 2.75) is 32.9 Å². The molecule has 4 nitrogen and oxygen atoms in total. The number of hydrogen-bond acceptors (Lipinski definition) is 4. The van der Waals surface area contributed by atoms with Gasteiger partial charge in [-0.1, -0.05) is 13.0 Å². The number of likely N-dealkylation sites (tertiary alicyclic amines) is 1. The minimum Gasteiger partial charge on any atom is -0.473 e. The Morgan fingerprint density at radius 1 is 1.50 bits per heavy atom. The standard InChI is InChI=1S/C14H23N3O/c1-4-15-9-12-5-6-14(16-11(12)2)18-13-7-8-17(3)10-13/h5-6,13,15H,4,7-10H2,1-3H3. The number of aromatic nitrogens is 1. The van der Waals surface area contributed by atoms with Gasteiger partial charge in [-0.15, -0.1) is 0 Å². The van der Waals surface area contributed by atoms with Crippen LogP contribution in [-0.4, -0.2) is 42.7 Å². The van der Waals surface area contributed by atoms with Crippen LogP contribution in [-0.2, 0) is 6.54 Å². The smallest absolute Gasteiger partial charge is 0.213 e. The Balaban J connectivity index is 1.95. The zero-order valence-electron chi connectivity index (χ0n) is 11.6. The summed E-state index contributed by atoms with van der Waals surface area (Å²) in [4.78, 5) is 6.82. The minimum atomic E-state index is 0.293. The van der Waals surface area contributed by atoms with Crippen LogP contribution < -0.4 is 10.1 Å². The minimum absolute atomic E-state index is 0.293. The normalized spacial score (nSPS) is 20.3. The van der Waals surface area contributed by atoms with E-state index in [1.165, 1.54) is 5.56 Å². The van der Waals surface area contributed by atoms with Gasteiger partial charge in [0.15, 0.2) is 0 Å². The largest absolute Gasteiger partial charge is 0.473 e. The maximum atomic E-state index is 5.91. The molecule has 1 aromatic heterocycles. The fourth-order valence-corrected chi connectivity index (χ4v) is 2.24. The summed E-state index contributed by atoms with van der Waals surface area (Å²) in [5.41, 5.74) is 2.30. The van der Waals surface area contributed by atoms with Gasteiger partial charge in [-0.3, -0.25) is 0 Å². The number of ether oxygens (including phenoxy) is 1. The van der Waals surface area contributed by atoms with Crippen molar-refractivity contribution < 1.29 is 4.74 Å². The van der Waals surface area contributed by atoms with Crippen molar-refractivity contribution in [1.82, 2.24) is 15.2 Å². The molecule has 1 N–H and O–H groups in total. The second-order valence-corrected chi connectivity index (χ2v) is 4.97. The first-order valence-electron chi connectivity index (χ1n) is 6.71. The first-order chi connectivity index (χ1) is 8.69. The third kappa shape index (κ3) is 3.43. The van der Waals surface area contributed by atoms with E-state index in [0.29, 0.717) is 6.10 Å². The lowest BCUT2D eigenvalue weighted by Crippen LogP contribution is -2.22. The summed E-state index contributed by atoms with van der Waals surface area (Å²) in [6, 6.07) is 4.09. The van der Waals surface area contributed by atoms with E-state index in [2.05, 4.69) is 35.2 Å². The number of nitrogens with one attached hydrogen (secondary N) is 1. The molecule has 18 heavy (non-hydrogen) atoms. The van der Waals surface area contributed by atoms with Crippen molar-refractivity contribution >= 4 is 0 Å². The Morgan fingerprint density at radius 3 is 2.94 bits per heavy atom. The Hall–Kier alpha value is -1.13. The number of hydrogen-bond donors (Lipinski definition) is 1. The van der Waals surface area contributed by atoms with Gasteiger partial charge < -0.3 is 15.0 Å². The van der Waals surface area contributed by atoms with Crippen molar-refractivity contribution in [3.63, 3.8) is 0 Å². The first kappa shape index (κ1) is 13.3. The number of rotatable bonds is 5. The highest BCUT2D eigenvalue weighted by Gasteiger charge is 2.21. The van der Waals surface area contributed by atoms with Gasteiger partial charge in [-0.05, 0) is 32.5 Å². The molecule has 0 amide bonds. The highest BCUT2D eigenvalue weighted by atomic mass is 16.5. The van der Waals surface area contributed by atoms with E-state index in [0.717, 1.165) is 44.2 Å². The molecular weight excluding hydrogens is 226 g/mol. The van der Waals surface area contributed by atoms with E-state index in [1.807, 2.05) is 13.0 Å². The van der Waals surface area contributed by atoms with Gasteiger partial charge in [0.1, 0.15) is 6.10 Å². The second-order valence-electron chi connectivity index (χ2n) is 4.97. The van der Waals surface area contributed by atoms with Gasteiger partial charge in [0.25, 0.3) is 0 Å². The molecule has 100 valence electrons. The predicted molar refractivity (Wildman–Crippen MR) is 72.9 cm³/mol. The number of aryl methyl sites for hydroxylation is 1. The lowest BCUT2D eigenvalue weighted by atomic mass is 10.2. The van der Waals surface area contributed by atoms with Crippen molar-refractivity contribution in [3.8, 4) is 5.88 Å². The molecule has 1 saturated heterocycles. The first-order valence-corrected chi connectivity index (χ1v) is 6.71. The summed E-state index contributed by atoms with van der Waals surface area (Å²) in [5.74, 6) is 0.757. The van der Waals surface area contributed by atoms with Crippen LogP contribution in [0.5, 0.6) is 5.88 Å². The second kappa shape index (κ2) is 6.16. The van der Waals surface area contributed by atoms with Crippen LogP contribution in [0.4, 0.5) is 0 Å². The molecule has 4 heteroatoms. The van der Waals surface area contributed by atoms with Gasteiger partial charge in [0, 0.05) is 31.4 Å². The molecule has 1 fully saturated rings. The molecule has 1 atom stereocenters. The fourth-order valence-electron chi connectivity index (χ4n) is 2.24. The third-order valence-electron chi connectivity index (χ3n) is 3.37. The topological polar surface area (TPSA) is 37.4 Å². The molecule has 0 aromatic carbocycles. The SMILES string of the molecule is CCNCc1ccc(OC2CCN(C)C2)nc1C. The van der Waals surface area contributed by atoms with Crippen LogP contribution >= 0.6 is 0 Å². The van der Waals surface area contributed by atoms with E-state index in [4.69, 9.17) is 4.74 Å². The molecule has 0 spiro atoms. The average molecular weight is 249 g/mol. The lowest BCUT2D eigenvalue weighted by molar-refractivity contribution is 0.199. The summed E-state index contributed by atoms with van der Waals surface area (Å²) in [5, 5.41) is 3.32. The van der Waals surface area contributed by atoms with Gasteiger partial charge in [-0.2, -0.15) is 0 Å². The summed E-state index contributed by atoms with van der Waals surface area (Å²) < 4.78 is 5.91. The Morgan fingerprint density at radius 2 is 2.33 bits per heavy atom. The quantitative estimate of drug-likeness (QED) is 0.860. The van der Waals surface area contributed by atoms with Crippen molar-refractivity contribution in [2.24, 2.45) is 0 Å². The van der Waals surface area contributed by atoms with Gasteiger partial charge in [0.2, 0.25) is 5.88 Å². The van der Waals surface area contributed by atoms with E-state index < -0.39 is 0 Å². The summed E-state index contributed by atoms with van der Waals surface area (Å²) >= 11 is 0. The van der Waals surface area contributed by atoms with Crippen molar-refractivity contribution in [2.75, 3.05) is 26.7 Å². The summed E-state index contributed by atoms with van der Waals surface area (Å²) in [7, 11) is 2.13. The van der Waals surface area contributed by atoms with E-state index in [1.54, 1.807) is 0 Å². The molecule has 1 aromatic rings. The molecule has 0 bridgehead atoms. The van der Waals surface area contributed by atoms with E-state index in [-0.39, 0.29) is 0 Å². The van der Waals surface area contributed by atoms with Crippen LogP contribution in [0.1, 0.15) is 24.6 Å². The number of likely N-dealkylation sites (N-methyl/N-ethyl adjacent to an activating group) is 1. The highest BCUT2D eigenvalue weighted by molar-refractivity contribution is 5.25. The summed E-state index contributed by atoms with van der Waals surface area (Å²) in [6.45, 7) is 8.12. The molecule has 1 aliphatic heterocycles. The maximum absolute atomic E-state index is 5.91. The zero-order chi connectivity index (χ0) is 13.0. The third-order valence-corrected chi connectivity index (χ3v) is 3.37. The van der Waals surface area contributed by atoms with Crippen molar-refractivity contribution in [3.05, 3.63) is 23.4 Å². The molecular formula is C14H23N3O. The van der Waals surface area contributed by atoms with Crippen molar-refractivity contribution in [1.29, 1.82) is 0 Å². The number of nitrogens with zero attached hydrogens (tertiary/aromatic N) is 2. The lowest BCUT2D eigenvalue weighted by Gasteiger charge is -2.14. The molecule has 2 rings (SSSR count).